The predicted molar refractivity (Wildman–Crippen MR) is 120 cm³/mol. The number of aromatic nitrogens is 1. The van der Waals surface area contributed by atoms with Gasteiger partial charge in [0.25, 0.3) is 0 Å². The number of hydrogen-bond donors (Lipinski definition) is 1. The first-order valence-electron chi connectivity index (χ1n) is 10.7. The van der Waals surface area contributed by atoms with Crippen LogP contribution < -0.4 is 4.74 Å². The van der Waals surface area contributed by atoms with E-state index in [2.05, 4.69) is 36.7 Å². The van der Waals surface area contributed by atoms with Crippen molar-refractivity contribution in [1.29, 1.82) is 0 Å². The molecule has 4 heteroatoms. The molecule has 0 amide bonds. The van der Waals surface area contributed by atoms with Crippen molar-refractivity contribution in [1.82, 2.24) is 4.57 Å². The first kappa shape index (κ1) is 21.5. The van der Waals surface area contributed by atoms with Gasteiger partial charge in [0, 0.05) is 30.6 Å². The van der Waals surface area contributed by atoms with Crippen molar-refractivity contribution < 1.29 is 14.3 Å². The van der Waals surface area contributed by atoms with E-state index in [1.165, 1.54) is 12.0 Å². The molecule has 4 nitrogen and oxygen atoms in total. The molecule has 0 bridgehead atoms. The lowest BCUT2D eigenvalue weighted by Gasteiger charge is -2.32. The molecular formula is C25H35NO3. The van der Waals surface area contributed by atoms with E-state index in [-0.39, 0.29) is 0 Å². The molecule has 0 unspecified atom stereocenters. The molecule has 2 aromatic heterocycles. The van der Waals surface area contributed by atoms with Crippen LogP contribution in [0, 0.1) is 0 Å². The number of ether oxygens (including phenoxy) is 1. The first-order valence-corrected chi connectivity index (χ1v) is 10.7. The summed E-state index contributed by atoms with van der Waals surface area (Å²) >= 11 is 0. The van der Waals surface area contributed by atoms with E-state index >= 15 is 0 Å². The molecule has 3 aromatic rings. The SMILES string of the molecule is CCCCn1cc(CC)cc1-c1cc2ccc(OC(C)(C)CC(C)(C)O)cc2o1. The summed E-state index contributed by atoms with van der Waals surface area (Å²) in [5.74, 6) is 1.65. The standard InChI is InChI=1S/C25H35NO3/c1-7-9-12-26-16-18(8-2)13-21(26)23-14-19-10-11-20(15-22(19)28-23)29-25(5,6)17-24(3,4)27/h10-11,13-16,27H,7-9,12,17H2,1-6H3. The van der Waals surface area contributed by atoms with Gasteiger partial charge in [-0.3, -0.25) is 0 Å². The fourth-order valence-corrected chi connectivity index (χ4v) is 4.08. The topological polar surface area (TPSA) is 47.5 Å². The first-order chi connectivity index (χ1) is 13.6. The van der Waals surface area contributed by atoms with E-state index < -0.39 is 11.2 Å². The van der Waals surface area contributed by atoms with Crippen LogP contribution in [0.5, 0.6) is 5.75 Å². The van der Waals surface area contributed by atoms with E-state index in [1.54, 1.807) is 13.8 Å². The predicted octanol–water partition coefficient (Wildman–Crippen LogP) is 6.58. The van der Waals surface area contributed by atoms with Gasteiger partial charge < -0.3 is 18.8 Å². The zero-order valence-electron chi connectivity index (χ0n) is 18.7. The maximum atomic E-state index is 10.1. The second-order valence-corrected chi connectivity index (χ2v) is 9.30. The Bertz CT molecular complexity index is 956. The van der Waals surface area contributed by atoms with Crippen molar-refractivity contribution in [2.45, 2.75) is 85.0 Å². The van der Waals surface area contributed by atoms with Crippen molar-refractivity contribution in [3.05, 3.63) is 42.1 Å². The lowest BCUT2D eigenvalue weighted by molar-refractivity contribution is -0.0106. The highest BCUT2D eigenvalue weighted by atomic mass is 16.5. The van der Waals surface area contributed by atoms with Crippen molar-refractivity contribution in [3.8, 4) is 17.2 Å². The van der Waals surface area contributed by atoms with Crippen LogP contribution in [-0.4, -0.2) is 20.9 Å². The quantitative estimate of drug-likeness (QED) is 0.443. The van der Waals surface area contributed by atoms with Gasteiger partial charge >= 0.3 is 0 Å². The van der Waals surface area contributed by atoms with Gasteiger partial charge in [-0.15, -0.1) is 0 Å². The van der Waals surface area contributed by atoms with Crippen LogP contribution in [0.15, 0.2) is 40.9 Å². The van der Waals surface area contributed by atoms with Gasteiger partial charge in [-0.1, -0.05) is 20.3 Å². The van der Waals surface area contributed by atoms with Gasteiger partial charge in [-0.25, -0.2) is 0 Å². The fourth-order valence-electron chi connectivity index (χ4n) is 4.08. The molecule has 0 aliphatic carbocycles. The van der Waals surface area contributed by atoms with E-state index in [9.17, 15) is 5.11 Å². The summed E-state index contributed by atoms with van der Waals surface area (Å²) in [7, 11) is 0. The molecule has 2 heterocycles. The Morgan fingerprint density at radius 3 is 2.48 bits per heavy atom. The summed E-state index contributed by atoms with van der Waals surface area (Å²) in [6, 6.07) is 10.3. The third kappa shape index (κ3) is 5.45. The number of furan rings is 1. The van der Waals surface area contributed by atoms with Crippen LogP contribution >= 0.6 is 0 Å². The highest BCUT2D eigenvalue weighted by molar-refractivity contribution is 5.83. The van der Waals surface area contributed by atoms with Crippen LogP contribution in [0.25, 0.3) is 22.4 Å². The van der Waals surface area contributed by atoms with Crippen molar-refractivity contribution in [3.63, 3.8) is 0 Å². The average Bonchev–Trinajstić information content (AvgIpc) is 3.20. The number of benzene rings is 1. The lowest BCUT2D eigenvalue weighted by Crippen LogP contribution is -2.37. The van der Waals surface area contributed by atoms with Crippen LogP contribution in [-0.2, 0) is 13.0 Å². The number of rotatable bonds is 9. The van der Waals surface area contributed by atoms with Crippen LogP contribution in [0.2, 0.25) is 0 Å². The molecule has 29 heavy (non-hydrogen) atoms. The van der Waals surface area contributed by atoms with Crippen LogP contribution in [0.3, 0.4) is 0 Å². The highest BCUT2D eigenvalue weighted by Gasteiger charge is 2.29. The molecule has 1 N–H and O–H groups in total. The maximum absolute atomic E-state index is 10.1. The molecule has 1 aromatic carbocycles. The Labute approximate surface area is 174 Å². The van der Waals surface area contributed by atoms with Crippen molar-refractivity contribution >= 4 is 11.0 Å². The fraction of sp³-hybridized carbons (Fsp3) is 0.520. The molecule has 0 spiro atoms. The van der Waals surface area contributed by atoms with Crippen molar-refractivity contribution in [2.24, 2.45) is 0 Å². The van der Waals surface area contributed by atoms with Gasteiger partial charge in [0.1, 0.15) is 16.9 Å². The molecule has 0 saturated carbocycles. The van der Waals surface area contributed by atoms with Gasteiger partial charge in [-0.2, -0.15) is 0 Å². The van der Waals surface area contributed by atoms with Gasteiger partial charge in [0.15, 0.2) is 5.76 Å². The van der Waals surface area contributed by atoms with Crippen LogP contribution in [0.1, 0.15) is 66.4 Å². The zero-order valence-corrected chi connectivity index (χ0v) is 18.7. The molecule has 158 valence electrons. The summed E-state index contributed by atoms with van der Waals surface area (Å²) < 4.78 is 14.7. The largest absolute Gasteiger partial charge is 0.488 e. The minimum Gasteiger partial charge on any atom is -0.488 e. The summed E-state index contributed by atoms with van der Waals surface area (Å²) in [6.07, 6.45) is 6.11. The molecule has 0 saturated heterocycles. The second kappa shape index (κ2) is 8.27. The smallest absolute Gasteiger partial charge is 0.151 e. The molecule has 0 aliphatic rings. The number of aryl methyl sites for hydroxylation is 2. The maximum Gasteiger partial charge on any atom is 0.151 e. The summed E-state index contributed by atoms with van der Waals surface area (Å²) in [5, 5.41) is 11.2. The summed E-state index contributed by atoms with van der Waals surface area (Å²) in [4.78, 5) is 0. The van der Waals surface area contributed by atoms with E-state index in [0.29, 0.717) is 6.42 Å². The van der Waals surface area contributed by atoms with E-state index in [4.69, 9.17) is 9.15 Å². The summed E-state index contributed by atoms with van der Waals surface area (Å²) in [5.41, 5.74) is 2.02. The number of aliphatic hydroxyl groups is 1. The van der Waals surface area contributed by atoms with Crippen molar-refractivity contribution in [2.75, 3.05) is 0 Å². The molecule has 0 atom stereocenters. The third-order valence-electron chi connectivity index (χ3n) is 5.11. The lowest BCUT2D eigenvalue weighted by atomic mass is 9.92. The minimum atomic E-state index is -0.785. The van der Waals surface area contributed by atoms with Crippen LogP contribution in [0.4, 0.5) is 0 Å². The van der Waals surface area contributed by atoms with Gasteiger partial charge in [0.2, 0.25) is 0 Å². The number of nitrogens with zero attached hydrogens (tertiary/aromatic N) is 1. The Morgan fingerprint density at radius 2 is 1.83 bits per heavy atom. The monoisotopic (exact) mass is 397 g/mol. The van der Waals surface area contributed by atoms with Gasteiger partial charge in [0.05, 0.1) is 11.3 Å². The second-order valence-electron chi connectivity index (χ2n) is 9.30. The third-order valence-corrected chi connectivity index (χ3v) is 5.11. The van der Waals surface area contributed by atoms with Gasteiger partial charge in [-0.05, 0) is 70.4 Å². The van der Waals surface area contributed by atoms with E-state index in [0.717, 1.165) is 47.6 Å². The zero-order chi connectivity index (χ0) is 21.2. The number of hydrogen-bond acceptors (Lipinski definition) is 3. The molecule has 0 radical (unpaired) electrons. The molecule has 3 rings (SSSR count). The molecule has 0 aliphatic heterocycles. The normalized spacial score (nSPS) is 12.7. The Balaban J connectivity index is 1.89. The Hall–Kier alpha value is -2.20. The number of unbranched alkanes of at least 4 members (excludes halogenated alkanes) is 1. The highest BCUT2D eigenvalue weighted by Crippen LogP contribution is 2.33. The molecular weight excluding hydrogens is 362 g/mol. The Kier molecular flexibility index (Phi) is 6.13. The Morgan fingerprint density at radius 1 is 1.07 bits per heavy atom. The molecule has 0 fully saturated rings. The average molecular weight is 398 g/mol. The van der Waals surface area contributed by atoms with E-state index in [1.807, 2.05) is 32.0 Å². The summed E-state index contributed by atoms with van der Waals surface area (Å²) in [6.45, 7) is 13.0. The number of fused-ring (bicyclic) bond motifs is 1. The minimum absolute atomic E-state index is 0.480.